The van der Waals surface area contributed by atoms with Gasteiger partial charge in [-0.15, -0.1) is 0 Å². The van der Waals surface area contributed by atoms with Crippen LogP contribution in [-0.4, -0.2) is 26.7 Å². The molecule has 0 aliphatic carbocycles. The predicted octanol–water partition coefficient (Wildman–Crippen LogP) is 0.886. The fraction of sp³-hybridized carbons (Fsp3) is 0.231. The van der Waals surface area contributed by atoms with Crippen LogP contribution in [0.2, 0.25) is 0 Å². The summed E-state index contributed by atoms with van der Waals surface area (Å²) >= 11 is 0. The first-order valence-corrected chi connectivity index (χ1v) is 5.69. The molecule has 0 bridgehead atoms. The molecule has 1 heterocycles. The SMILES string of the molecule is NC(Cc1nccn1Cc1ccccc1)C(=O)O. The lowest BCUT2D eigenvalue weighted by molar-refractivity contribution is -0.138. The zero-order chi connectivity index (χ0) is 13.0. The predicted molar refractivity (Wildman–Crippen MR) is 67.1 cm³/mol. The van der Waals surface area contributed by atoms with Crippen LogP contribution in [0.4, 0.5) is 0 Å². The first-order chi connectivity index (χ1) is 8.66. The van der Waals surface area contributed by atoms with Gasteiger partial charge in [0.2, 0.25) is 0 Å². The van der Waals surface area contributed by atoms with Crippen LogP contribution in [0.3, 0.4) is 0 Å². The second-order valence-corrected chi connectivity index (χ2v) is 4.11. The molecule has 0 aliphatic heterocycles. The van der Waals surface area contributed by atoms with Gasteiger partial charge in [-0.1, -0.05) is 30.3 Å². The minimum atomic E-state index is -1.01. The summed E-state index contributed by atoms with van der Waals surface area (Å²) in [5, 5.41) is 8.80. The lowest BCUT2D eigenvalue weighted by atomic mass is 10.2. The zero-order valence-corrected chi connectivity index (χ0v) is 9.86. The Morgan fingerprint density at radius 2 is 2.11 bits per heavy atom. The minimum Gasteiger partial charge on any atom is -0.480 e. The van der Waals surface area contributed by atoms with Gasteiger partial charge in [-0.25, -0.2) is 4.98 Å². The zero-order valence-electron chi connectivity index (χ0n) is 9.86. The molecule has 0 fully saturated rings. The van der Waals surface area contributed by atoms with Gasteiger partial charge in [0.15, 0.2) is 0 Å². The number of nitrogens with two attached hydrogens (primary N) is 1. The van der Waals surface area contributed by atoms with E-state index in [-0.39, 0.29) is 6.42 Å². The van der Waals surface area contributed by atoms with Gasteiger partial charge in [-0.05, 0) is 5.56 Å². The maximum atomic E-state index is 10.7. The first-order valence-electron chi connectivity index (χ1n) is 5.69. The third-order valence-corrected chi connectivity index (χ3v) is 2.72. The molecule has 0 saturated carbocycles. The maximum absolute atomic E-state index is 10.7. The second-order valence-electron chi connectivity index (χ2n) is 4.11. The number of aliphatic carboxylic acids is 1. The third-order valence-electron chi connectivity index (χ3n) is 2.72. The lowest BCUT2D eigenvalue weighted by Gasteiger charge is -2.10. The van der Waals surface area contributed by atoms with Crippen LogP contribution in [0.25, 0.3) is 0 Å². The fourth-order valence-corrected chi connectivity index (χ4v) is 1.74. The summed E-state index contributed by atoms with van der Waals surface area (Å²) in [7, 11) is 0. The average molecular weight is 245 g/mol. The van der Waals surface area contributed by atoms with E-state index in [0.717, 1.165) is 5.56 Å². The van der Waals surface area contributed by atoms with E-state index in [1.54, 1.807) is 6.20 Å². The highest BCUT2D eigenvalue weighted by molar-refractivity contribution is 5.73. The second kappa shape index (κ2) is 5.46. The van der Waals surface area contributed by atoms with E-state index in [1.165, 1.54) is 0 Å². The molecule has 5 nitrogen and oxygen atoms in total. The molecule has 0 saturated heterocycles. The van der Waals surface area contributed by atoms with Gasteiger partial charge in [0.05, 0.1) is 0 Å². The van der Waals surface area contributed by atoms with E-state index in [0.29, 0.717) is 12.4 Å². The number of imidazole rings is 1. The molecule has 0 aliphatic rings. The van der Waals surface area contributed by atoms with E-state index >= 15 is 0 Å². The molecule has 1 aromatic carbocycles. The number of nitrogens with zero attached hydrogens (tertiary/aromatic N) is 2. The highest BCUT2D eigenvalue weighted by Gasteiger charge is 2.15. The summed E-state index contributed by atoms with van der Waals surface area (Å²) in [5.74, 6) is -0.321. The largest absolute Gasteiger partial charge is 0.480 e. The van der Waals surface area contributed by atoms with Crippen LogP contribution in [0.15, 0.2) is 42.7 Å². The van der Waals surface area contributed by atoms with E-state index in [4.69, 9.17) is 10.8 Å². The van der Waals surface area contributed by atoms with Crippen molar-refractivity contribution in [1.82, 2.24) is 9.55 Å². The van der Waals surface area contributed by atoms with Crippen molar-refractivity contribution in [2.45, 2.75) is 19.0 Å². The van der Waals surface area contributed by atoms with Crippen LogP contribution >= 0.6 is 0 Å². The molecule has 0 spiro atoms. The topological polar surface area (TPSA) is 81.1 Å². The molecule has 3 N–H and O–H groups in total. The Balaban J connectivity index is 2.11. The number of hydrogen-bond acceptors (Lipinski definition) is 3. The molecule has 1 aromatic heterocycles. The minimum absolute atomic E-state index is 0.231. The Morgan fingerprint density at radius 1 is 1.39 bits per heavy atom. The van der Waals surface area contributed by atoms with Crippen molar-refractivity contribution in [3.63, 3.8) is 0 Å². The van der Waals surface area contributed by atoms with Gasteiger partial charge < -0.3 is 15.4 Å². The van der Waals surface area contributed by atoms with Crippen molar-refractivity contribution >= 4 is 5.97 Å². The Labute approximate surface area is 105 Å². The van der Waals surface area contributed by atoms with E-state index in [1.807, 2.05) is 41.1 Å². The normalized spacial score (nSPS) is 12.3. The number of rotatable bonds is 5. The maximum Gasteiger partial charge on any atom is 0.320 e. The van der Waals surface area contributed by atoms with Crippen LogP contribution in [0.1, 0.15) is 11.4 Å². The highest BCUT2D eigenvalue weighted by atomic mass is 16.4. The highest BCUT2D eigenvalue weighted by Crippen LogP contribution is 2.07. The summed E-state index contributed by atoms with van der Waals surface area (Å²) in [6.45, 7) is 0.669. The van der Waals surface area contributed by atoms with Crippen molar-refractivity contribution < 1.29 is 9.90 Å². The number of carboxylic acid groups (broad SMARTS) is 1. The summed E-state index contributed by atoms with van der Waals surface area (Å²) in [6.07, 6.45) is 3.72. The van der Waals surface area contributed by atoms with Crippen molar-refractivity contribution in [3.05, 3.63) is 54.1 Å². The van der Waals surface area contributed by atoms with E-state index < -0.39 is 12.0 Å². The number of carboxylic acids is 1. The summed E-state index contributed by atoms with van der Waals surface area (Å²) in [4.78, 5) is 14.9. The molecule has 1 atom stereocenters. The summed E-state index contributed by atoms with van der Waals surface area (Å²) in [6, 6.07) is 9.01. The van der Waals surface area contributed by atoms with Gasteiger partial charge in [0.1, 0.15) is 11.9 Å². The monoisotopic (exact) mass is 245 g/mol. The van der Waals surface area contributed by atoms with Crippen molar-refractivity contribution in [3.8, 4) is 0 Å². The number of hydrogen-bond donors (Lipinski definition) is 2. The van der Waals surface area contributed by atoms with Crippen LogP contribution in [0, 0.1) is 0 Å². The van der Waals surface area contributed by atoms with Gasteiger partial charge >= 0.3 is 5.97 Å². The van der Waals surface area contributed by atoms with Gasteiger partial charge in [-0.2, -0.15) is 0 Å². The van der Waals surface area contributed by atoms with Crippen molar-refractivity contribution in [1.29, 1.82) is 0 Å². The molecule has 1 unspecified atom stereocenters. The quantitative estimate of drug-likeness (QED) is 0.819. The molecule has 0 radical (unpaired) electrons. The first kappa shape index (κ1) is 12.3. The van der Waals surface area contributed by atoms with Crippen LogP contribution < -0.4 is 5.73 Å². The van der Waals surface area contributed by atoms with E-state index in [9.17, 15) is 4.79 Å². The van der Waals surface area contributed by atoms with Gasteiger partial charge in [-0.3, -0.25) is 4.79 Å². The van der Waals surface area contributed by atoms with Crippen LogP contribution in [-0.2, 0) is 17.8 Å². The Hall–Kier alpha value is -2.14. The standard InChI is InChI=1S/C13H15N3O2/c14-11(13(17)18)8-12-15-6-7-16(12)9-10-4-2-1-3-5-10/h1-7,11H,8-9,14H2,(H,17,18). The van der Waals surface area contributed by atoms with Gasteiger partial charge in [0, 0.05) is 25.4 Å². The Morgan fingerprint density at radius 3 is 2.78 bits per heavy atom. The number of carbonyl (C=O) groups is 1. The number of aromatic nitrogens is 2. The molecule has 2 rings (SSSR count). The molecule has 18 heavy (non-hydrogen) atoms. The molecular weight excluding hydrogens is 230 g/mol. The van der Waals surface area contributed by atoms with Crippen LogP contribution in [0.5, 0.6) is 0 Å². The molecule has 2 aromatic rings. The summed E-state index contributed by atoms with van der Waals surface area (Å²) in [5.41, 5.74) is 6.66. The average Bonchev–Trinajstić information content (AvgIpc) is 2.78. The van der Waals surface area contributed by atoms with Gasteiger partial charge in [0.25, 0.3) is 0 Å². The molecular formula is C13H15N3O2. The molecule has 94 valence electrons. The molecule has 0 amide bonds. The molecule has 5 heteroatoms. The summed E-state index contributed by atoms with van der Waals surface area (Å²) < 4.78 is 1.91. The van der Waals surface area contributed by atoms with Crippen molar-refractivity contribution in [2.24, 2.45) is 5.73 Å². The Kier molecular flexibility index (Phi) is 3.74. The van der Waals surface area contributed by atoms with E-state index in [2.05, 4.69) is 4.98 Å². The smallest absolute Gasteiger partial charge is 0.320 e. The lowest BCUT2D eigenvalue weighted by Crippen LogP contribution is -2.33. The number of benzene rings is 1. The van der Waals surface area contributed by atoms with Crippen molar-refractivity contribution in [2.75, 3.05) is 0 Å². The fourth-order valence-electron chi connectivity index (χ4n) is 1.74. The Bertz CT molecular complexity index is 522. The third kappa shape index (κ3) is 2.95.